The lowest BCUT2D eigenvalue weighted by Crippen LogP contribution is -2.26. The molecule has 108 valence electrons. The van der Waals surface area contributed by atoms with Gasteiger partial charge in [0.2, 0.25) is 5.91 Å². The number of nitrogens with zero attached hydrogens (tertiary/aromatic N) is 1. The number of allylic oxidation sites excluding steroid dienone is 1. The molecule has 0 atom stereocenters. The normalized spacial score (nSPS) is 10.4. The van der Waals surface area contributed by atoms with E-state index in [1.807, 2.05) is 45.0 Å². The van der Waals surface area contributed by atoms with E-state index in [4.69, 9.17) is 0 Å². The molecule has 0 spiro atoms. The van der Waals surface area contributed by atoms with Crippen molar-refractivity contribution in [2.75, 3.05) is 11.4 Å². The zero-order valence-corrected chi connectivity index (χ0v) is 12.8. The van der Waals surface area contributed by atoms with Gasteiger partial charge in [0.15, 0.2) is 0 Å². The van der Waals surface area contributed by atoms with Crippen molar-refractivity contribution in [3.05, 3.63) is 55.1 Å². The number of carbonyl (C=O) groups excluding carboxylic acids is 1. The van der Waals surface area contributed by atoms with Crippen LogP contribution in [0.25, 0.3) is 0 Å². The topological polar surface area (TPSA) is 20.3 Å². The van der Waals surface area contributed by atoms with Gasteiger partial charge >= 0.3 is 0 Å². The molecule has 0 N–H and O–H groups in total. The van der Waals surface area contributed by atoms with Crippen molar-refractivity contribution >= 4 is 11.6 Å². The fourth-order valence-electron chi connectivity index (χ4n) is 1.65. The highest BCUT2D eigenvalue weighted by atomic mass is 16.2. The second-order valence-corrected chi connectivity index (χ2v) is 3.51. The number of amides is 1. The van der Waals surface area contributed by atoms with Gasteiger partial charge in [-0.1, -0.05) is 44.2 Å². The molecule has 0 bridgehead atoms. The summed E-state index contributed by atoms with van der Waals surface area (Å²) in [7, 11) is 0. The molecule has 0 unspecified atom stereocenters. The summed E-state index contributed by atoms with van der Waals surface area (Å²) in [5.41, 5.74) is 2.15. The summed E-state index contributed by atoms with van der Waals surface area (Å²) in [5, 5.41) is 0. The van der Waals surface area contributed by atoms with Gasteiger partial charge in [-0.05, 0) is 18.6 Å². The molecule has 1 amide bonds. The van der Waals surface area contributed by atoms with Crippen molar-refractivity contribution in [3.63, 3.8) is 0 Å². The van der Waals surface area contributed by atoms with Crippen LogP contribution in [0.5, 0.6) is 0 Å². The van der Waals surface area contributed by atoms with E-state index in [2.05, 4.69) is 26.0 Å². The van der Waals surface area contributed by atoms with Crippen LogP contribution in [-0.2, 0) is 11.2 Å². The lowest BCUT2D eigenvalue weighted by molar-refractivity contribution is -0.117. The first kappa shape index (κ1) is 20.1. The van der Waals surface area contributed by atoms with E-state index >= 15 is 0 Å². The summed E-state index contributed by atoms with van der Waals surface area (Å²) < 4.78 is 0. The van der Waals surface area contributed by atoms with Crippen molar-refractivity contribution in [3.8, 4) is 12.8 Å². The number of anilines is 1. The number of rotatable bonds is 2. The van der Waals surface area contributed by atoms with Gasteiger partial charge in [-0.3, -0.25) is 4.79 Å². The van der Waals surface area contributed by atoms with Crippen LogP contribution < -0.4 is 4.90 Å². The average molecular weight is 271 g/mol. The van der Waals surface area contributed by atoms with E-state index in [1.54, 1.807) is 17.1 Å². The number of hydrogen-bond donors (Lipinski definition) is 0. The number of para-hydroxylation sites is 1. The minimum Gasteiger partial charge on any atom is -0.308 e. The maximum Gasteiger partial charge on any atom is 0.231 e. The zero-order valence-electron chi connectivity index (χ0n) is 12.8. The summed E-state index contributed by atoms with van der Waals surface area (Å²) in [6.07, 6.45) is 12.0. The number of terminal acetylenes is 1. The third-order valence-electron chi connectivity index (χ3n) is 2.24. The maximum atomic E-state index is 11.5. The first-order valence-electron chi connectivity index (χ1n) is 6.64. The van der Waals surface area contributed by atoms with Crippen molar-refractivity contribution in [2.45, 2.75) is 27.2 Å². The molecule has 1 aromatic rings. The highest BCUT2D eigenvalue weighted by Crippen LogP contribution is 2.27. The van der Waals surface area contributed by atoms with Gasteiger partial charge in [0.1, 0.15) is 0 Å². The Kier molecular flexibility index (Phi) is 13.2. The molecular formula is C18H25NO. The monoisotopic (exact) mass is 271 g/mol. The Hall–Kier alpha value is -2.27. The van der Waals surface area contributed by atoms with E-state index < -0.39 is 0 Å². The van der Waals surface area contributed by atoms with Crippen LogP contribution in [-0.4, -0.2) is 12.5 Å². The predicted octanol–water partition coefficient (Wildman–Crippen LogP) is 4.23. The fraction of sp³-hybridized carbons (Fsp3) is 0.278. The number of fused-ring (bicyclic) bond motifs is 1. The van der Waals surface area contributed by atoms with Gasteiger partial charge in [0.25, 0.3) is 0 Å². The van der Waals surface area contributed by atoms with Gasteiger partial charge in [0.05, 0.1) is 6.42 Å². The van der Waals surface area contributed by atoms with Gasteiger partial charge in [-0.2, -0.15) is 0 Å². The Morgan fingerprint density at radius 1 is 1.25 bits per heavy atom. The van der Waals surface area contributed by atoms with E-state index in [9.17, 15) is 4.79 Å². The Morgan fingerprint density at radius 2 is 1.75 bits per heavy atom. The second kappa shape index (κ2) is 13.2. The average Bonchev–Trinajstić information content (AvgIpc) is 2.81. The first-order chi connectivity index (χ1) is 9.74. The SMILES string of the molecule is C#C.C=CC.C=CCN1C(=O)Cc2ccccc21.CC. The summed E-state index contributed by atoms with van der Waals surface area (Å²) in [5.74, 6) is 0.168. The van der Waals surface area contributed by atoms with Crippen LogP contribution in [0, 0.1) is 12.8 Å². The fourth-order valence-corrected chi connectivity index (χ4v) is 1.65. The Bertz CT molecular complexity index is 432. The highest BCUT2D eigenvalue weighted by molar-refractivity contribution is 6.01. The first-order valence-corrected chi connectivity index (χ1v) is 6.64. The van der Waals surface area contributed by atoms with E-state index in [0.717, 1.165) is 11.3 Å². The number of benzene rings is 1. The third kappa shape index (κ3) is 6.06. The van der Waals surface area contributed by atoms with Crippen LogP contribution in [0.15, 0.2) is 49.6 Å². The molecule has 0 fully saturated rings. The molecule has 0 aromatic heterocycles. The molecule has 1 heterocycles. The lowest BCUT2D eigenvalue weighted by Gasteiger charge is -2.14. The quantitative estimate of drug-likeness (QED) is 0.582. The molecule has 1 aromatic carbocycles. The molecule has 0 aliphatic carbocycles. The van der Waals surface area contributed by atoms with Crippen molar-refractivity contribution in [1.29, 1.82) is 0 Å². The number of hydrogen-bond acceptors (Lipinski definition) is 1. The summed E-state index contributed by atoms with van der Waals surface area (Å²) >= 11 is 0. The molecule has 1 aliphatic heterocycles. The molecule has 0 saturated carbocycles. The molecule has 1 aliphatic rings. The molecule has 2 nitrogen and oxygen atoms in total. The molecule has 2 rings (SSSR count). The van der Waals surface area contributed by atoms with E-state index in [1.165, 1.54) is 0 Å². The second-order valence-electron chi connectivity index (χ2n) is 3.51. The standard InChI is InChI=1S/C11H11NO.C3H6.C2H6.C2H2/c1-2-7-12-10-6-4-3-5-9(10)8-11(12)13;1-3-2;2*1-2/h2-6H,1,7-8H2;3H,1H2,2H3;1-2H3;1-2H. The van der Waals surface area contributed by atoms with Crippen LogP contribution >= 0.6 is 0 Å². The van der Waals surface area contributed by atoms with E-state index in [-0.39, 0.29) is 5.91 Å². The predicted molar refractivity (Wildman–Crippen MR) is 89.8 cm³/mol. The van der Waals surface area contributed by atoms with Crippen LogP contribution in [0.1, 0.15) is 26.3 Å². The van der Waals surface area contributed by atoms with Gasteiger partial charge in [-0.25, -0.2) is 0 Å². The minimum atomic E-state index is 0.168. The molecule has 2 heteroatoms. The Morgan fingerprint density at radius 3 is 2.25 bits per heavy atom. The molecule has 0 radical (unpaired) electrons. The zero-order chi connectivity index (χ0) is 16.0. The van der Waals surface area contributed by atoms with Gasteiger partial charge < -0.3 is 4.90 Å². The summed E-state index contributed by atoms with van der Waals surface area (Å²) in [6, 6.07) is 7.89. The number of carbonyl (C=O) groups is 1. The largest absolute Gasteiger partial charge is 0.308 e. The molecular weight excluding hydrogens is 246 g/mol. The lowest BCUT2D eigenvalue weighted by atomic mass is 10.2. The Labute approximate surface area is 123 Å². The van der Waals surface area contributed by atoms with Crippen LogP contribution in [0.2, 0.25) is 0 Å². The molecule has 20 heavy (non-hydrogen) atoms. The van der Waals surface area contributed by atoms with Crippen molar-refractivity contribution < 1.29 is 4.79 Å². The molecule has 0 saturated heterocycles. The Balaban J connectivity index is 0. The van der Waals surface area contributed by atoms with Crippen molar-refractivity contribution in [2.24, 2.45) is 0 Å². The minimum absolute atomic E-state index is 0.168. The van der Waals surface area contributed by atoms with Crippen LogP contribution in [0.4, 0.5) is 5.69 Å². The summed E-state index contributed by atoms with van der Waals surface area (Å²) in [6.45, 7) is 13.5. The van der Waals surface area contributed by atoms with Gasteiger partial charge in [-0.15, -0.1) is 26.0 Å². The van der Waals surface area contributed by atoms with Crippen LogP contribution in [0.3, 0.4) is 0 Å². The van der Waals surface area contributed by atoms with E-state index in [0.29, 0.717) is 13.0 Å². The summed E-state index contributed by atoms with van der Waals surface area (Å²) in [4.78, 5) is 13.3. The maximum absolute atomic E-state index is 11.5. The van der Waals surface area contributed by atoms with Gasteiger partial charge in [0, 0.05) is 12.2 Å². The third-order valence-corrected chi connectivity index (χ3v) is 2.24. The smallest absolute Gasteiger partial charge is 0.231 e. The highest BCUT2D eigenvalue weighted by Gasteiger charge is 2.24. The van der Waals surface area contributed by atoms with Crippen molar-refractivity contribution in [1.82, 2.24) is 0 Å².